The molecule has 1 fully saturated rings. The third-order valence-electron chi connectivity index (χ3n) is 3.93. The van der Waals surface area contributed by atoms with Crippen molar-refractivity contribution < 1.29 is 9.72 Å². The van der Waals surface area contributed by atoms with Gasteiger partial charge in [-0.15, -0.1) is 0 Å². The fourth-order valence-electron chi connectivity index (χ4n) is 2.83. The van der Waals surface area contributed by atoms with Crippen molar-refractivity contribution in [2.45, 2.75) is 38.6 Å². The SMILES string of the molecule is CCCC(=O)N[C@@H]1CCCN(c2ccc([N+](=O)[O-])c(C#N)c2)C1. The molecule has 1 aliphatic rings. The van der Waals surface area contributed by atoms with E-state index in [0.29, 0.717) is 13.0 Å². The third-order valence-corrected chi connectivity index (χ3v) is 3.93. The third kappa shape index (κ3) is 4.19. The van der Waals surface area contributed by atoms with E-state index in [-0.39, 0.29) is 23.2 Å². The zero-order valence-electron chi connectivity index (χ0n) is 13.1. The summed E-state index contributed by atoms with van der Waals surface area (Å²) in [5.74, 6) is 0.0563. The maximum absolute atomic E-state index is 11.7. The number of nitro benzene ring substituents is 1. The van der Waals surface area contributed by atoms with Crippen molar-refractivity contribution in [3.63, 3.8) is 0 Å². The van der Waals surface area contributed by atoms with Crippen LogP contribution in [0.4, 0.5) is 11.4 Å². The van der Waals surface area contributed by atoms with Crippen molar-refractivity contribution in [1.29, 1.82) is 5.26 Å². The lowest BCUT2D eigenvalue weighted by Crippen LogP contribution is -2.47. The van der Waals surface area contributed by atoms with E-state index >= 15 is 0 Å². The van der Waals surface area contributed by atoms with E-state index in [1.165, 1.54) is 6.07 Å². The molecule has 1 atom stereocenters. The molecule has 0 spiro atoms. The van der Waals surface area contributed by atoms with Crippen LogP contribution in [0, 0.1) is 21.4 Å². The van der Waals surface area contributed by atoms with Crippen LogP contribution in [0.3, 0.4) is 0 Å². The maximum atomic E-state index is 11.7. The molecule has 0 saturated carbocycles. The second-order valence-corrected chi connectivity index (χ2v) is 5.67. The number of nitrogens with zero attached hydrogens (tertiary/aromatic N) is 3. The first-order chi connectivity index (χ1) is 11.0. The minimum Gasteiger partial charge on any atom is -0.369 e. The number of rotatable bonds is 5. The fraction of sp³-hybridized carbons (Fsp3) is 0.500. The number of nitro groups is 1. The zero-order chi connectivity index (χ0) is 16.8. The minimum absolute atomic E-state index is 0.0563. The van der Waals surface area contributed by atoms with Crippen molar-refractivity contribution in [3.05, 3.63) is 33.9 Å². The van der Waals surface area contributed by atoms with Gasteiger partial charge in [-0.05, 0) is 31.4 Å². The molecule has 122 valence electrons. The summed E-state index contributed by atoms with van der Waals surface area (Å²) >= 11 is 0. The molecule has 23 heavy (non-hydrogen) atoms. The number of nitriles is 1. The van der Waals surface area contributed by atoms with Crippen LogP contribution >= 0.6 is 0 Å². The molecule has 7 nitrogen and oxygen atoms in total. The number of hydrogen-bond donors (Lipinski definition) is 1. The predicted molar refractivity (Wildman–Crippen MR) is 86.1 cm³/mol. The van der Waals surface area contributed by atoms with Crippen LogP contribution in [0.15, 0.2) is 18.2 Å². The van der Waals surface area contributed by atoms with Gasteiger partial charge >= 0.3 is 0 Å². The molecule has 1 amide bonds. The largest absolute Gasteiger partial charge is 0.369 e. The Balaban J connectivity index is 2.11. The number of hydrogen-bond acceptors (Lipinski definition) is 5. The van der Waals surface area contributed by atoms with Crippen LogP contribution in [0.1, 0.15) is 38.2 Å². The van der Waals surface area contributed by atoms with Gasteiger partial charge in [0, 0.05) is 37.3 Å². The number of benzene rings is 1. The monoisotopic (exact) mass is 316 g/mol. The molecule has 1 aromatic rings. The van der Waals surface area contributed by atoms with Gasteiger partial charge in [0.2, 0.25) is 5.91 Å². The molecule has 0 aliphatic carbocycles. The van der Waals surface area contributed by atoms with E-state index < -0.39 is 4.92 Å². The summed E-state index contributed by atoms with van der Waals surface area (Å²) in [5, 5.41) is 23.0. The van der Waals surface area contributed by atoms with Crippen molar-refractivity contribution in [1.82, 2.24) is 5.32 Å². The van der Waals surface area contributed by atoms with Gasteiger partial charge in [-0.1, -0.05) is 6.92 Å². The molecular weight excluding hydrogens is 296 g/mol. The molecule has 1 aliphatic heterocycles. The molecule has 0 radical (unpaired) electrons. The number of amides is 1. The lowest BCUT2D eigenvalue weighted by Gasteiger charge is -2.34. The maximum Gasteiger partial charge on any atom is 0.287 e. The van der Waals surface area contributed by atoms with Gasteiger partial charge in [-0.3, -0.25) is 14.9 Å². The summed E-state index contributed by atoms with van der Waals surface area (Å²) in [6.07, 6.45) is 3.18. The van der Waals surface area contributed by atoms with Crippen LogP contribution in [0.25, 0.3) is 0 Å². The van der Waals surface area contributed by atoms with Crippen LogP contribution in [0.2, 0.25) is 0 Å². The second kappa shape index (κ2) is 7.58. The first-order valence-corrected chi connectivity index (χ1v) is 7.78. The molecule has 0 unspecified atom stereocenters. The average Bonchev–Trinajstić information content (AvgIpc) is 2.54. The Morgan fingerprint density at radius 3 is 3.00 bits per heavy atom. The minimum atomic E-state index is -0.549. The first-order valence-electron chi connectivity index (χ1n) is 7.78. The molecule has 1 heterocycles. The van der Waals surface area contributed by atoms with E-state index in [4.69, 9.17) is 5.26 Å². The molecule has 1 aromatic carbocycles. The van der Waals surface area contributed by atoms with Gasteiger partial charge in [0.25, 0.3) is 5.69 Å². The Morgan fingerprint density at radius 1 is 1.57 bits per heavy atom. The number of carbonyl (C=O) groups is 1. The molecular formula is C16H20N4O3. The number of carbonyl (C=O) groups excluding carboxylic acids is 1. The highest BCUT2D eigenvalue weighted by Crippen LogP contribution is 2.26. The van der Waals surface area contributed by atoms with Crippen molar-refractivity contribution in [3.8, 4) is 6.07 Å². The Kier molecular flexibility index (Phi) is 5.52. The Morgan fingerprint density at radius 2 is 2.35 bits per heavy atom. The van der Waals surface area contributed by atoms with E-state index in [0.717, 1.165) is 31.5 Å². The summed E-state index contributed by atoms with van der Waals surface area (Å²) in [6.45, 7) is 3.42. The summed E-state index contributed by atoms with van der Waals surface area (Å²) in [6, 6.07) is 6.53. The topological polar surface area (TPSA) is 99.3 Å². The van der Waals surface area contributed by atoms with E-state index in [1.807, 2.05) is 13.0 Å². The highest BCUT2D eigenvalue weighted by molar-refractivity contribution is 5.76. The summed E-state index contributed by atoms with van der Waals surface area (Å²) in [4.78, 5) is 24.1. The van der Waals surface area contributed by atoms with E-state index in [9.17, 15) is 14.9 Å². The van der Waals surface area contributed by atoms with Crippen LogP contribution < -0.4 is 10.2 Å². The van der Waals surface area contributed by atoms with Crippen LogP contribution in [0.5, 0.6) is 0 Å². The van der Waals surface area contributed by atoms with Crippen molar-refractivity contribution in [2.75, 3.05) is 18.0 Å². The van der Waals surface area contributed by atoms with E-state index in [2.05, 4.69) is 10.2 Å². The summed E-state index contributed by atoms with van der Waals surface area (Å²) in [7, 11) is 0. The normalized spacial score (nSPS) is 17.4. The van der Waals surface area contributed by atoms with Crippen LogP contribution in [-0.2, 0) is 4.79 Å². The van der Waals surface area contributed by atoms with Gasteiger partial charge in [0.15, 0.2) is 0 Å². The first kappa shape index (κ1) is 16.7. The number of anilines is 1. The Labute approximate surface area is 135 Å². The Hall–Kier alpha value is -2.62. The molecule has 0 bridgehead atoms. The number of piperidine rings is 1. The quantitative estimate of drug-likeness (QED) is 0.664. The summed E-state index contributed by atoms with van der Waals surface area (Å²) in [5.41, 5.74) is 0.660. The molecule has 1 saturated heterocycles. The van der Waals surface area contributed by atoms with Crippen molar-refractivity contribution >= 4 is 17.3 Å². The van der Waals surface area contributed by atoms with Gasteiger partial charge in [0.1, 0.15) is 11.6 Å². The van der Waals surface area contributed by atoms with E-state index in [1.54, 1.807) is 12.1 Å². The van der Waals surface area contributed by atoms with Gasteiger partial charge < -0.3 is 10.2 Å². The highest BCUT2D eigenvalue weighted by Gasteiger charge is 2.23. The Bertz CT molecular complexity index is 639. The van der Waals surface area contributed by atoms with Crippen LogP contribution in [-0.4, -0.2) is 30.0 Å². The second-order valence-electron chi connectivity index (χ2n) is 5.67. The molecule has 7 heteroatoms. The molecule has 1 N–H and O–H groups in total. The predicted octanol–water partition coefficient (Wildman–Crippen LogP) is 2.35. The number of nitrogens with one attached hydrogen (secondary N) is 1. The lowest BCUT2D eigenvalue weighted by atomic mass is 10.0. The average molecular weight is 316 g/mol. The highest BCUT2D eigenvalue weighted by atomic mass is 16.6. The molecule has 2 rings (SSSR count). The fourth-order valence-corrected chi connectivity index (χ4v) is 2.83. The van der Waals surface area contributed by atoms with Gasteiger partial charge in [-0.25, -0.2) is 0 Å². The standard InChI is InChI=1S/C16H20N4O3/c1-2-4-16(21)18-13-5-3-8-19(11-13)14-6-7-15(20(22)23)12(9-14)10-17/h6-7,9,13H,2-5,8,11H2,1H3,(H,18,21)/t13-/m1/s1. The lowest BCUT2D eigenvalue weighted by molar-refractivity contribution is -0.385. The van der Waals surface area contributed by atoms with Gasteiger partial charge in [-0.2, -0.15) is 5.26 Å². The summed E-state index contributed by atoms with van der Waals surface area (Å²) < 4.78 is 0. The van der Waals surface area contributed by atoms with Gasteiger partial charge in [0.05, 0.1) is 4.92 Å². The molecule has 0 aromatic heterocycles. The smallest absolute Gasteiger partial charge is 0.287 e. The zero-order valence-corrected chi connectivity index (χ0v) is 13.1. The van der Waals surface area contributed by atoms with Crippen molar-refractivity contribution in [2.24, 2.45) is 0 Å².